The van der Waals surface area contributed by atoms with Gasteiger partial charge >= 0.3 is 18.1 Å². The van der Waals surface area contributed by atoms with E-state index in [1.165, 1.54) is 24.3 Å². The van der Waals surface area contributed by atoms with E-state index >= 15 is 0 Å². The molecular weight excluding hydrogens is 513 g/mol. The summed E-state index contributed by atoms with van der Waals surface area (Å²) in [5.74, 6) is -0.586. The summed E-state index contributed by atoms with van der Waals surface area (Å²) >= 11 is 0. The Bertz CT molecular complexity index is 1280. The maximum Gasteiger partial charge on any atom is 0.389 e. The van der Waals surface area contributed by atoms with Crippen molar-refractivity contribution in [2.24, 2.45) is 0 Å². The van der Waals surface area contributed by atoms with Crippen LogP contribution in [0.3, 0.4) is 0 Å². The van der Waals surface area contributed by atoms with Crippen molar-refractivity contribution in [1.29, 1.82) is 0 Å². The van der Waals surface area contributed by atoms with Crippen LogP contribution in [0, 0.1) is 0 Å². The molecule has 0 amide bonds. The van der Waals surface area contributed by atoms with Crippen molar-refractivity contribution in [3.63, 3.8) is 0 Å². The molecule has 0 atom stereocenters. The SMILES string of the molecule is CCCOC(=O)C(=Cc1ccc(OC(=O)c2ccc(OCCCC(F)(F)F)cc2)cc1)c1c(N)cccc1N. The molecule has 10 heteroatoms. The minimum Gasteiger partial charge on any atom is -0.494 e. The van der Waals surface area contributed by atoms with Crippen LogP contribution >= 0.6 is 0 Å². The predicted octanol–water partition coefficient (Wildman–Crippen LogP) is 6.29. The molecule has 3 rings (SSSR count). The van der Waals surface area contributed by atoms with Crippen LogP contribution in [0.4, 0.5) is 24.5 Å². The van der Waals surface area contributed by atoms with Crippen LogP contribution in [0.2, 0.25) is 0 Å². The number of carbonyl (C=O) groups excluding carboxylic acids is 2. The van der Waals surface area contributed by atoms with E-state index in [1.54, 1.807) is 48.5 Å². The zero-order chi connectivity index (χ0) is 28.4. The van der Waals surface area contributed by atoms with Gasteiger partial charge in [-0.1, -0.05) is 25.1 Å². The average molecular weight is 543 g/mol. The number of carbonyl (C=O) groups is 2. The van der Waals surface area contributed by atoms with Crippen LogP contribution < -0.4 is 20.9 Å². The number of rotatable bonds is 11. The molecule has 0 fully saturated rings. The summed E-state index contributed by atoms with van der Waals surface area (Å²) in [6.07, 6.45) is -3.07. The summed E-state index contributed by atoms with van der Waals surface area (Å²) in [6.45, 7) is 2.03. The van der Waals surface area contributed by atoms with Gasteiger partial charge in [-0.25, -0.2) is 9.59 Å². The largest absolute Gasteiger partial charge is 0.494 e. The molecule has 0 bridgehead atoms. The highest BCUT2D eigenvalue weighted by Crippen LogP contribution is 2.31. The maximum atomic E-state index is 12.8. The fraction of sp³-hybridized carbons (Fsp3) is 0.241. The highest BCUT2D eigenvalue weighted by molar-refractivity contribution is 6.24. The highest BCUT2D eigenvalue weighted by atomic mass is 19.4. The second-order valence-electron chi connectivity index (χ2n) is 8.56. The van der Waals surface area contributed by atoms with Gasteiger partial charge in [0.15, 0.2) is 0 Å². The van der Waals surface area contributed by atoms with E-state index in [1.807, 2.05) is 6.92 Å². The van der Waals surface area contributed by atoms with Gasteiger partial charge in [0.05, 0.1) is 24.4 Å². The summed E-state index contributed by atoms with van der Waals surface area (Å²) in [6, 6.07) is 17.3. The van der Waals surface area contributed by atoms with E-state index in [-0.39, 0.29) is 36.5 Å². The van der Waals surface area contributed by atoms with Gasteiger partial charge in [0.1, 0.15) is 11.5 Å². The number of nitrogen functional groups attached to an aromatic ring is 2. The number of halogens is 3. The van der Waals surface area contributed by atoms with Gasteiger partial charge in [-0.3, -0.25) is 0 Å². The predicted molar refractivity (Wildman–Crippen MR) is 143 cm³/mol. The quantitative estimate of drug-likeness (QED) is 0.0731. The third-order valence-electron chi connectivity index (χ3n) is 5.42. The van der Waals surface area contributed by atoms with Gasteiger partial charge in [-0.05, 0) is 73.0 Å². The lowest BCUT2D eigenvalue weighted by molar-refractivity contribution is -0.137. The Hall–Kier alpha value is -4.47. The van der Waals surface area contributed by atoms with Crippen molar-refractivity contribution in [3.8, 4) is 11.5 Å². The van der Waals surface area contributed by atoms with E-state index in [0.717, 1.165) is 0 Å². The number of esters is 2. The number of hydrogen-bond acceptors (Lipinski definition) is 7. The molecule has 3 aromatic carbocycles. The zero-order valence-corrected chi connectivity index (χ0v) is 21.3. The third-order valence-corrected chi connectivity index (χ3v) is 5.42. The van der Waals surface area contributed by atoms with Crippen LogP contribution in [-0.4, -0.2) is 31.3 Å². The molecule has 0 aliphatic carbocycles. The molecular formula is C29H29F3N2O5. The molecule has 0 unspecified atom stereocenters. The zero-order valence-electron chi connectivity index (χ0n) is 21.3. The van der Waals surface area contributed by atoms with Gasteiger partial charge in [-0.15, -0.1) is 0 Å². The first-order chi connectivity index (χ1) is 18.6. The van der Waals surface area contributed by atoms with E-state index in [2.05, 4.69) is 0 Å². The molecule has 0 aliphatic heterocycles. The fourth-order valence-electron chi connectivity index (χ4n) is 3.52. The first kappa shape index (κ1) is 29.1. The second-order valence-corrected chi connectivity index (χ2v) is 8.56. The minimum absolute atomic E-state index is 0.0917. The molecule has 0 saturated carbocycles. The summed E-state index contributed by atoms with van der Waals surface area (Å²) in [4.78, 5) is 25.3. The first-order valence-electron chi connectivity index (χ1n) is 12.2. The lowest BCUT2D eigenvalue weighted by atomic mass is 9.99. The maximum absolute atomic E-state index is 12.8. The average Bonchev–Trinajstić information content (AvgIpc) is 2.90. The fourth-order valence-corrected chi connectivity index (χ4v) is 3.52. The van der Waals surface area contributed by atoms with Gasteiger partial charge in [0.25, 0.3) is 0 Å². The Kier molecular flexibility index (Phi) is 9.97. The highest BCUT2D eigenvalue weighted by Gasteiger charge is 2.26. The van der Waals surface area contributed by atoms with Crippen LogP contribution in [-0.2, 0) is 9.53 Å². The summed E-state index contributed by atoms with van der Waals surface area (Å²) in [7, 11) is 0. The molecule has 4 N–H and O–H groups in total. The number of ether oxygens (including phenoxy) is 3. The number of hydrogen-bond donors (Lipinski definition) is 2. The van der Waals surface area contributed by atoms with Crippen molar-refractivity contribution < 1.29 is 37.0 Å². The first-order valence-corrected chi connectivity index (χ1v) is 12.2. The summed E-state index contributed by atoms with van der Waals surface area (Å²) in [5, 5.41) is 0. The number of benzene rings is 3. The molecule has 0 aliphatic rings. The Morgan fingerprint density at radius 1 is 0.872 bits per heavy atom. The van der Waals surface area contributed by atoms with E-state index in [9.17, 15) is 22.8 Å². The van der Waals surface area contributed by atoms with Crippen molar-refractivity contribution in [3.05, 3.63) is 83.4 Å². The van der Waals surface area contributed by atoms with E-state index < -0.39 is 24.5 Å². The second kappa shape index (κ2) is 13.4. The van der Waals surface area contributed by atoms with Gasteiger partial charge in [0, 0.05) is 23.4 Å². The van der Waals surface area contributed by atoms with Crippen molar-refractivity contribution >= 4 is 35.0 Å². The van der Waals surface area contributed by atoms with Gasteiger partial charge in [-0.2, -0.15) is 13.2 Å². The van der Waals surface area contributed by atoms with Crippen LogP contribution in [0.1, 0.15) is 47.7 Å². The topological polar surface area (TPSA) is 114 Å². The smallest absolute Gasteiger partial charge is 0.389 e. The normalized spacial score (nSPS) is 11.6. The van der Waals surface area contributed by atoms with Crippen LogP contribution in [0.15, 0.2) is 66.7 Å². The third kappa shape index (κ3) is 8.80. The molecule has 0 spiro atoms. The lowest BCUT2D eigenvalue weighted by Crippen LogP contribution is -2.11. The Morgan fingerprint density at radius 2 is 1.49 bits per heavy atom. The van der Waals surface area contributed by atoms with Crippen molar-refractivity contribution in [1.82, 2.24) is 0 Å². The van der Waals surface area contributed by atoms with Crippen LogP contribution in [0.25, 0.3) is 11.6 Å². The van der Waals surface area contributed by atoms with Gasteiger partial charge in [0.2, 0.25) is 0 Å². The summed E-state index contributed by atoms with van der Waals surface area (Å²) in [5.41, 5.74) is 14.3. The number of alkyl halides is 3. The van der Waals surface area contributed by atoms with Crippen molar-refractivity contribution in [2.45, 2.75) is 32.4 Å². The molecule has 0 saturated heterocycles. The molecule has 0 heterocycles. The van der Waals surface area contributed by atoms with E-state index in [4.69, 9.17) is 25.7 Å². The Labute approximate surface area is 224 Å². The number of anilines is 2. The van der Waals surface area contributed by atoms with E-state index in [0.29, 0.717) is 34.7 Å². The molecule has 0 radical (unpaired) electrons. The lowest BCUT2D eigenvalue weighted by Gasteiger charge is -2.13. The Balaban J connectivity index is 1.68. The molecule has 39 heavy (non-hydrogen) atoms. The molecule has 206 valence electrons. The summed E-state index contributed by atoms with van der Waals surface area (Å²) < 4.78 is 52.6. The molecule has 0 aromatic heterocycles. The van der Waals surface area contributed by atoms with Crippen LogP contribution in [0.5, 0.6) is 11.5 Å². The number of nitrogens with two attached hydrogens (primary N) is 2. The molecule has 3 aromatic rings. The van der Waals surface area contributed by atoms with Crippen molar-refractivity contribution in [2.75, 3.05) is 24.7 Å². The molecule has 7 nitrogen and oxygen atoms in total. The van der Waals surface area contributed by atoms with Gasteiger partial charge < -0.3 is 25.7 Å². The minimum atomic E-state index is -4.22. The standard InChI is InChI=1S/C29H29F3N2O5/c1-2-16-38-28(36)23(26-24(33)5-3-6-25(26)34)18-19-7-11-22(12-8-19)39-27(35)20-9-13-21(14-10-20)37-17-4-15-29(30,31)32/h3,5-14,18H,2,4,15-17,33-34H2,1H3. The monoisotopic (exact) mass is 542 g/mol. The Morgan fingerprint density at radius 3 is 2.08 bits per heavy atom.